The molecular weight excluding hydrogens is 285 g/mol. The predicted molar refractivity (Wildman–Crippen MR) is 79.0 cm³/mol. The first-order valence-corrected chi connectivity index (χ1v) is 7.32. The van der Waals surface area contributed by atoms with Gasteiger partial charge in [0, 0.05) is 11.6 Å². The third-order valence-corrected chi connectivity index (χ3v) is 3.93. The third kappa shape index (κ3) is 2.87. The van der Waals surface area contributed by atoms with Crippen LogP contribution in [0.3, 0.4) is 0 Å². The van der Waals surface area contributed by atoms with Crippen molar-refractivity contribution in [3.05, 3.63) is 52.6 Å². The summed E-state index contributed by atoms with van der Waals surface area (Å²) in [6, 6.07) is 5.15. The van der Waals surface area contributed by atoms with E-state index in [0.717, 1.165) is 24.2 Å². The molecule has 1 fully saturated rings. The number of hydrogen-bond donors (Lipinski definition) is 3. The first-order chi connectivity index (χ1) is 10.6. The molecule has 3 rings (SSSR count). The second-order valence-electron chi connectivity index (χ2n) is 5.64. The fourth-order valence-corrected chi connectivity index (χ4v) is 2.55. The van der Waals surface area contributed by atoms with Crippen molar-refractivity contribution in [3.8, 4) is 0 Å². The van der Waals surface area contributed by atoms with Gasteiger partial charge in [-0.1, -0.05) is 12.1 Å². The van der Waals surface area contributed by atoms with Crippen molar-refractivity contribution in [2.45, 2.75) is 31.7 Å². The summed E-state index contributed by atoms with van der Waals surface area (Å²) in [4.78, 5) is 12.5. The first-order valence-electron chi connectivity index (χ1n) is 7.32. The molecule has 1 aromatic carbocycles. The normalized spacial score (nSPS) is 15.6. The van der Waals surface area contributed by atoms with E-state index in [1.807, 2.05) is 0 Å². The van der Waals surface area contributed by atoms with E-state index in [1.54, 1.807) is 19.1 Å². The van der Waals surface area contributed by atoms with E-state index in [9.17, 15) is 14.3 Å². The maximum Gasteiger partial charge on any atom is 0.255 e. The molecule has 1 atom stereocenters. The molecule has 2 aromatic rings. The van der Waals surface area contributed by atoms with E-state index >= 15 is 0 Å². The number of benzene rings is 1. The Kier molecular flexibility index (Phi) is 3.94. The zero-order chi connectivity index (χ0) is 15.7. The van der Waals surface area contributed by atoms with Crippen LogP contribution in [0.1, 0.15) is 52.1 Å². The van der Waals surface area contributed by atoms with Crippen LogP contribution in [0.25, 0.3) is 0 Å². The van der Waals surface area contributed by atoms with E-state index in [-0.39, 0.29) is 18.3 Å². The van der Waals surface area contributed by atoms with Gasteiger partial charge in [0.25, 0.3) is 5.91 Å². The second kappa shape index (κ2) is 5.88. The van der Waals surface area contributed by atoms with Gasteiger partial charge in [-0.15, -0.1) is 0 Å². The van der Waals surface area contributed by atoms with Crippen LogP contribution < -0.4 is 5.32 Å². The number of aliphatic hydroxyl groups excluding tert-OH is 1. The zero-order valence-electron chi connectivity index (χ0n) is 12.3. The molecule has 1 amide bonds. The molecule has 1 saturated carbocycles. The van der Waals surface area contributed by atoms with Crippen LogP contribution in [-0.4, -0.2) is 27.8 Å². The standard InChI is InChI=1S/C16H18FN3O2/c1-9-14(15(20-19-9)11-2-3-11)16(22)18-13(8-21)10-4-6-12(17)7-5-10/h4-7,11,13,21H,2-3,8H2,1H3,(H,18,22)(H,19,20). The Balaban J connectivity index is 1.80. The molecule has 1 aromatic heterocycles. The molecule has 22 heavy (non-hydrogen) atoms. The van der Waals surface area contributed by atoms with Crippen molar-refractivity contribution >= 4 is 5.91 Å². The van der Waals surface area contributed by atoms with Gasteiger partial charge < -0.3 is 10.4 Å². The third-order valence-electron chi connectivity index (χ3n) is 3.93. The lowest BCUT2D eigenvalue weighted by Gasteiger charge is -2.17. The molecule has 0 radical (unpaired) electrons. The lowest BCUT2D eigenvalue weighted by molar-refractivity contribution is 0.0914. The number of carbonyl (C=O) groups is 1. The Hall–Kier alpha value is -2.21. The van der Waals surface area contributed by atoms with Gasteiger partial charge >= 0.3 is 0 Å². The van der Waals surface area contributed by atoms with E-state index in [1.165, 1.54) is 12.1 Å². The Morgan fingerprint density at radius 1 is 1.45 bits per heavy atom. The molecule has 6 heteroatoms. The molecule has 1 heterocycles. The number of hydrogen-bond acceptors (Lipinski definition) is 3. The van der Waals surface area contributed by atoms with E-state index in [4.69, 9.17) is 0 Å². The van der Waals surface area contributed by atoms with Gasteiger partial charge in [0.2, 0.25) is 0 Å². The molecule has 3 N–H and O–H groups in total. The monoisotopic (exact) mass is 303 g/mol. The average molecular weight is 303 g/mol. The topological polar surface area (TPSA) is 78.0 Å². The van der Waals surface area contributed by atoms with Crippen LogP contribution >= 0.6 is 0 Å². The quantitative estimate of drug-likeness (QED) is 0.792. The second-order valence-corrected chi connectivity index (χ2v) is 5.64. The number of nitrogens with zero attached hydrogens (tertiary/aromatic N) is 1. The van der Waals surface area contributed by atoms with Crippen LogP contribution in [-0.2, 0) is 0 Å². The van der Waals surface area contributed by atoms with Crippen molar-refractivity contribution in [2.75, 3.05) is 6.61 Å². The maximum absolute atomic E-state index is 13.0. The Morgan fingerprint density at radius 3 is 2.73 bits per heavy atom. The lowest BCUT2D eigenvalue weighted by atomic mass is 10.1. The minimum atomic E-state index is -0.575. The highest BCUT2D eigenvalue weighted by Crippen LogP contribution is 2.41. The lowest BCUT2D eigenvalue weighted by Crippen LogP contribution is -2.31. The summed E-state index contributed by atoms with van der Waals surface area (Å²) in [6.07, 6.45) is 2.10. The molecule has 1 aliphatic rings. The molecule has 1 aliphatic carbocycles. The van der Waals surface area contributed by atoms with Gasteiger partial charge in [-0.05, 0) is 37.5 Å². The van der Waals surface area contributed by atoms with Crippen molar-refractivity contribution in [1.82, 2.24) is 15.5 Å². The van der Waals surface area contributed by atoms with Gasteiger partial charge in [-0.25, -0.2) is 4.39 Å². The number of aromatic amines is 1. The molecule has 5 nitrogen and oxygen atoms in total. The minimum Gasteiger partial charge on any atom is -0.394 e. The van der Waals surface area contributed by atoms with E-state index in [0.29, 0.717) is 17.0 Å². The SMILES string of the molecule is Cc1[nH]nc(C2CC2)c1C(=O)NC(CO)c1ccc(F)cc1. The van der Waals surface area contributed by atoms with Gasteiger partial charge in [-0.3, -0.25) is 9.89 Å². The number of amides is 1. The largest absolute Gasteiger partial charge is 0.394 e. The number of rotatable bonds is 5. The number of aromatic nitrogens is 2. The molecular formula is C16H18FN3O2. The van der Waals surface area contributed by atoms with Crippen molar-refractivity contribution < 1.29 is 14.3 Å². The Labute approximate surface area is 127 Å². The minimum absolute atomic E-state index is 0.257. The number of aliphatic hydroxyl groups is 1. The van der Waals surface area contributed by atoms with Gasteiger partial charge in [0.05, 0.1) is 23.9 Å². The van der Waals surface area contributed by atoms with Gasteiger partial charge in [0.1, 0.15) is 5.82 Å². The highest BCUT2D eigenvalue weighted by atomic mass is 19.1. The Morgan fingerprint density at radius 2 is 2.14 bits per heavy atom. The molecule has 116 valence electrons. The van der Waals surface area contributed by atoms with Crippen LogP contribution in [0.2, 0.25) is 0 Å². The number of halogens is 1. The number of nitrogens with one attached hydrogen (secondary N) is 2. The summed E-state index contributed by atoms with van der Waals surface area (Å²) in [7, 11) is 0. The van der Waals surface area contributed by atoms with Crippen LogP contribution in [0.5, 0.6) is 0 Å². The molecule has 1 unspecified atom stereocenters. The van der Waals surface area contributed by atoms with Gasteiger partial charge in [0.15, 0.2) is 0 Å². The van der Waals surface area contributed by atoms with Crippen LogP contribution in [0.15, 0.2) is 24.3 Å². The van der Waals surface area contributed by atoms with Crippen molar-refractivity contribution in [3.63, 3.8) is 0 Å². The summed E-state index contributed by atoms with van der Waals surface area (Å²) >= 11 is 0. The zero-order valence-corrected chi connectivity index (χ0v) is 12.3. The molecule has 0 bridgehead atoms. The molecule has 0 spiro atoms. The summed E-state index contributed by atoms with van der Waals surface area (Å²) in [5.41, 5.74) is 2.73. The fourth-order valence-electron chi connectivity index (χ4n) is 2.55. The number of carbonyl (C=O) groups excluding carboxylic acids is 1. The highest BCUT2D eigenvalue weighted by Gasteiger charge is 2.32. The van der Waals surface area contributed by atoms with Crippen LogP contribution in [0, 0.1) is 12.7 Å². The Bertz CT molecular complexity index is 677. The smallest absolute Gasteiger partial charge is 0.255 e. The summed E-state index contributed by atoms with van der Waals surface area (Å²) in [6.45, 7) is 1.55. The summed E-state index contributed by atoms with van der Waals surface area (Å²) in [5, 5.41) is 19.4. The predicted octanol–water partition coefficient (Wildman–Crippen LogP) is 2.20. The van der Waals surface area contributed by atoms with Crippen LogP contribution in [0.4, 0.5) is 4.39 Å². The highest BCUT2D eigenvalue weighted by molar-refractivity contribution is 5.97. The summed E-state index contributed by atoms with van der Waals surface area (Å²) < 4.78 is 13.0. The maximum atomic E-state index is 13.0. The summed E-state index contributed by atoms with van der Waals surface area (Å²) in [5.74, 6) is -0.269. The number of aryl methyl sites for hydroxylation is 1. The van der Waals surface area contributed by atoms with Gasteiger partial charge in [-0.2, -0.15) is 5.10 Å². The first kappa shape index (κ1) is 14.7. The van der Waals surface area contributed by atoms with E-state index < -0.39 is 6.04 Å². The number of H-pyrrole nitrogens is 1. The fraction of sp³-hybridized carbons (Fsp3) is 0.375. The average Bonchev–Trinajstić information content (AvgIpc) is 3.28. The van der Waals surface area contributed by atoms with Crippen molar-refractivity contribution in [2.24, 2.45) is 0 Å². The molecule has 0 aliphatic heterocycles. The van der Waals surface area contributed by atoms with E-state index in [2.05, 4.69) is 15.5 Å². The molecule has 0 saturated heterocycles. The van der Waals surface area contributed by atoms with Crippen molar-refractivity contribution in [1.29, 1.82) is 0 Å².